The van der Waals surface area contributed by atoms with E-state index in [1.165, 1.54) is 12.8 Å². The molecule has 3 rings (SSSR count). The number of carbonyl (C=O) groups excluding carboxylic acids is 1. The second-order valence-electron chi connectivity index (χ2n) is 9.09. The average Bonchev–Trinajstić information content (AvgIpc) is 2.98. The fraction of sp³-hybridized carbons (Fsp3) is 0.737. The van der Waals surface area contributed by atoms with Crippen LogP contribution in [-0.2, 0) is 11.2 Å². The highest BCUT2D eigenvalue weighted by molar-refractivity contribution is 5.81. The molecular weight excluding hydrogens is 300 g/mol. The molecule has 1 aromatic rings. The van der Waals surface area contributed by atoms with Crippen LogP contribution < -0.4 is 10.2 Å². The van der Waals surface area contributed by atoms with Crippen LogP contribution >= 0.6 is 0 Å². The van der Waals surface area contributed by atoms with E-state index in [-0.39, 0.29) is 17.4 Å². The molecule has 1 fully saturated rings. The number of hydrogen-bond acceptors (Lipinski definition) is 4. The summed E-state index contributed by atoms with van der Waals surface area (Å²) in [5, 5.41) is 3.23. The van der Waals surface area contributed by atoms with Crippen LogP contribution in [-0.4, -0.2) is 29.0 Å². The number of amides is 1. The van der Waals surface area contributed by atoms with E-state index in [0.717, 1.165) is 43.1 Å². The Labute approximate surface area is 145 Å². The molecule has 132 valence electrons. The Morgan fingerprint density at radius 3 is 2.58 bits per heavy atom. The van der Waals surface area contributed by atoms with Gasteiger partial charge in [0.05, 0.1) is 11.7 Å². The third-order valence-corrected chi connectivity index (χ3v) is 5.04. The van der Waals surface area contributed by atoms with Crippen molar-refractivity contribution in [3.8, 4) is 0 Å². The number of nitrogens with one attached hydrogen (secondary N) is 1. The Morgan fingerprint density at radius 2 is 1.96 bits per heavy atom. The van der Waals surface area contributed by atoms with Crippen LogP contribution in [0.1, 0.15) is 71.2 Å². The van der Waals surface area contributed by atoms with Crippen molar-refractivity contribution in [2.24, 2.45) is 10.8 Å². The number of carbonyl (C=O) groups is 1. The Kier molecular flexibility index (Phi) is 4.30. The molecule has 5 heteroatoms. The third-order valence-electron chi connectivity index (χ3n) is 5.04. The standard InChI is InChI=1S/C19H30N4O/c1-18(2,3)16(24)21-14-10-19(4,5)11-15-13(14)12-20-17(22-15)23-8-6-7-9-23/h12,14H,6-11H2,1-5H3,(H,21,24)/t14-/m1/s1. The lowest BCUT2D eigenvalue weighted by molar-refractivity contribution is -0.129. The lowest BCUT2D eigenvalue weighted by Gasteiger charge is -2.37. The van der Waals surface area contributed by atoms with E-state index in [2.05, 4.69) is 29.0 Å². The van der Waals surface area contributed by atoms with Crippen LogP contribution in [0.5, 0.6) is 0 Å². The van der Waals surface area contributed by atoms with Crippen molar-refractivity contribution in [1.29, 1.82) is 0 Å². The highest BCUT2D eigenvalue weighted by Gasteiger charge is 2.36. The molecule has 1 amide bonds. The van der Waals surface area contributed by atoms with Gasteiger partial charge in [0.15, 0.2) is 0 Å². The Morgan fingerprint density at radius 1 is 1.29 bits per heavy atom. The van der Waals surface area contributed by atoms with Crippen LogP contribution in [0.2, 0.25) is 0 Å². The van der Waals surface area contributed by atoms with Crippen molar-refractivity contribution in [3.63, 3.8) is 0 Å². The number of aromatic nitrogens is 2. The summed E-state index contributed by atoms with van der Waals surface area (Å²) in [6.45, 7) is 12.4. The van der Waals surface area contributed by atoms with Crippen molar-refractivity contribution in [2.45, 2.75) is 66.3 Å². The highest BCUT2D eigenvalue weighted by atomic mass is 16.2. The maximum absolute atomic E-state index is 12.5. The van der Waals surface area contributed by atoms with Crippen molar-refractivity contribution in [1.82, 2.24) is 15.3 Å². The van der Waals surface area contributed by atoms with Gasteiger partial charge in [-0.05, 0) is 31.1 Å². The summed E-state index contributed by atoms with van der Waals surface area (Å²) in [5.41, 5.74) is 1.93. The van der Waals surface area contributed by atoms with Gasteiger partial charge >= 0.3 is 0 Å². The lowest BCUT2D eigenvalue weighted by Crippen LogP contribution is -2.42. The monoisotopic (exact) mass is 330 g/mol. The Bertz CT molecular complexity index is 627. The first-order valence-corrected chi connectivity index (χ1v) is 9.07. The molecule has 1 N–H and O–H groups in total. The molecule has 0 unspecified atom stereocenters. The highest BCUT2D eigenvalue weighted by Crippen LogP contribution is 2.40. The van der Waals surface area contributed by atoms with Gasteiger partial charge < -0.3 is 10.2 Å². The minimum Gasteiger partial charge on any atom is -0.349 e. The zero-order valence-corrected chi connectivity index (χ0v) is 15.6. The summed E-state index contributed by atoms with van der Waals surface area (Å²) in [5.74, 6) is 0.935. The molecule has 2 heterocycles. The molecule has 0 bridgehead atoms. The SMILES string of the molecule is CC1(C)Cc2nc(N3CCCC3)ncc2[C@H](NC(=O)C(C)(C)C)C1. The van der Waals surface area contributed by atoms with Crippen LogP contribution in [0.25, 0.3) is 0 Å². The number of hydrogen-bond donors (Lipinski definition) is 1. The van der Waals surface area contributed by atoms with Crippen molar-refractivity contribution in [2.75, 3.05) is 18.0 Å². The quantitative estimate of drug-likeness (QED) is 0.904. The molecule has 2 aliphatic rings. The van der Waals surface area contributed by atoms with Crippen LogP contribution in [0, 0.1) is 10.8 Å². The summed E-state index contributed by atoms with van der Waals surface area (Å²) >= 11 is 0. The van der Waals surface area contributed by atoms with Gasteiger partial charge in [0.2, 0.25) is 11.9 Å². The second kappa shape index (κ2) is 6.01. The fourth-order valence-electron chi connectivity index (χ4n) is 3.61. The van der Waals surface area contributed by atoms with Crippen molar-refractivity contribution < 1.29 is 4.79 Å². The third kappa shape index (κ3) is 3.55. The van der Waals surface area contributed by atoms with E-state index in [1.807, 2.05) is 27.0 Å². The van der Waals surface area contributed by atoms with Gasteiger partial charge in [-0.3, -0.25) is 4.79 Å². The minimum absolute atomic E-state index is 0.00287. The van der Waals surface area contributed by atoms with Crippen molar-refractivity contribution >= 4 is 11.9 Å². The topological polar surface area (TPSA) is 58.1 Å². The maximum Gasteiger partial charge on any atom is 0.225 e. The molecule has 1 aliphatic carbocycles. The van der Waals surface area contributed by atoms with E-state index in [0.29, 0.717) is 0 Å². The van der Waals surface area contributed by atoms with E-state index in [4.69, 9.17) is 4.98 Å². The first-order valence-electron chi connectivity index (χ1n) is 9.07. The molecule has 5 nitrogen and oxygen atoms in total. The van der Waals surface area contributed by atoms with Gasteiger partial charge in [0.25, 0.3) is 0 Å². The molecule has 0 radical (unpaired) electrons. The van der Waals surface area contributed by atoms with E-state index >= 15 is 0 Å². The van der Waals surface area contributed by atoms with Gasteiger partial charge in [0, 0.05) is 30.3 Å². The van der Waals surface area contributed by atoms with E-state index in [9.17, 15) is 4.79 Å². The summed E-state index contributed by atoms with van der Waals surface area (Å²) in [6, 6.07) is 0.00287. The van der Waals surface area contributed by atoms with Gasteiger partial charge in [0.1, 0.15) is 0 Å². The number of anilines is 1. The predicted molar refractivity (Wildman–Crippen MR) is 95.9 cm³/mol. The second-order valence-corrected chi connectivity index (χ2v) is 9.09. The lowest BCUT2D eigenvalue weighted by atomic mass is 9.74. The van der Waals surface area contributed by atoms with Gasteiger partial charge in [-0.1, -0.05) is 34.6 Å². The minimum atomic E-state index is -0.391. The summed E-state index contributed by atoms with van der Waals surface area (Å²) < 4.78 is 0. The zero-order valence-electron chi connectivity index (χ0n) is 15.6. The fourth-order valence-corrected chi connectivity index (χ4v) is 3.61. The molecule has 1 aromatic heterocycles. The average molecular weight is 330 g/mol. The summed E-state index contributed by atoms with van der Waals surface area (Å²) in [6.07, 6.45) is 6.24. The molecule has 1 saturated heterocycles. The first kappa shape index (κ1) is 17.2. The van der Waals surface area contributed by atoms with Gasteiger partial charge in [-0.15, -0.1) is 0 Å². The molecular formula is C19H30N4O. The van der Waals surface area contributed by atoms with E-state index in [1.54, 1.807) is 0 Å². The molecule has 24 heavy (non-hydrogen) atoms. The molecule has 0 saturated carbocycles. The van der Waals surface area contributed by atoms with Crippen molar-refractivity contribution in [3.05, 3.63) is 17.5 Å². The summed E-state index contributed by atoms with van der Waals surface area (Å²) in [4.78, 5) is 24.2. The van der Waals surface area contributed by atoms with E-state index < -0.39 is 5.41 Å². The Balaban J connectivity index is 1.89. The van der Waals surface area contributed by atoms with Crippen LogP contribution in [0.4, 0.5) is 5.95 Å². The summed E-state index contributed by atoms with van der Waals surface area (Å²) in [7, 11) is 0. The molecule has 1 atom stereocenters. The first-order chi connectivity index (χ1) is 11.2. The zero-order chi connectivity index (χ0) is 17.5. The van der Waals surface area contributed by atoms with Gasteiger partial charge in [-0.25, -0.2) is 9.97 Å². The van der Waals surface area contributed by atoms with Crippen LogP contribution in [0.15, 0.2) is 6.20 Å². The predicted octanol–water partition coefficient (Wildman–Crippen LogP) is 3.25. The number of rotatable bonds is 2. The number of nitrogens with zero attached hydrogens (tertiary/aromatic N) is 3. The van der Waals surface area contributed by atoms with Crippen LogP contribution in [0.3, 0.4) is 0 Å². The molecule has 0 spiro atoms. The maximum atomic E-state index is 12.5. The Hall–Kier alpha value is -1.65. The molecule has 0 aromatic carbocycles. The largest absolute Gasteiger partial charge is 0.349 e. The van der Waals surface area contributed by atoms with Gasteiger partial charge in [-0.2, -0.15) is 0 Å². The molecule has 1 aliphatic heterocycles. The smallest absolute Gasteiger partial charge is 0.225 e. The normalized spacial score (nSPS) is 23.0. The number of fused-ring (bicyclic) bond motifs is 1.